The normalized spacial score (nSPS) is 10.8. The van der Waals surface area contributed by atoms with Gasteiger partial charge in [0.25, 0.3) is 5.91 Å². The first-order chi connectivity index (χ1) is 11.9. The van der Waals surface area contributed by atoms with Crippen molar-refractivity contribution in [3.05, 3.63) is 62.6 Å². The topological polar surface area (TPSA) is 51.1 Å². The van der Waals surface area contributed by atoms with E-state index in [9.17, 15) is 9.59 Å². The summed E-state index contributed by atoms with van der Waals surface area (Å²) in [5.41, 5.74) is 4.54. The lowest BCUT2D eigenvalue weighted by molar-refractivity contribution is 0.102. The number of nitrogens with zero attached hydrogens (tertiary/aromatic N) is 1. The van der Waals surface area contributed by atoms with E-state index in [1.807, 2.05) is 45.9 Å². The number of benzene rings is 1. The maximum absolute atomic E-state index is 12.9. The molecule has 1 aromatic heterocycles. The van der Waals surface area contributed by atoms with Crippen LogP contribution in [-0.4, -0.2) is 10.5 Å². The standard InChI is InChI=1S/C21H28N2O2/c1-6-8-12-23-16(5)19(18(24)13-17(23)7-2)21(25)22-20-14(3)10-9-11-15(20)4/h9-11,13H,6-8,12H2,1-5H3,(H,22,25). The number of aromatic nitrogens is 1. The lowest BCUT2D eigenvalue weighted by Gasteiger charge is -2.19. The van der Waals surface area contributed by atoms with Crippen LogP contribution in [0.3, 0.4) is 0 Å². The number of aryl methyl sites for hydroxylation is 3. The second kappa shape index (κ2) is 8.15. The number of hydrogen-bond donors (Lipinski definition) is 1. The fourth-order valence-electron chi connectivity index (χ4n) is 3.21. The van der Waals surface area contributed by atoms with Crippen LogP contribution < -0.4 is 10.7 Å². The molecule has 0 radical (unpaired) electrons. The molecule has 134 valence electrons. The number of rotatable bonds is 6. The molecule has 2 rings (SSSR count). The molecule has 4 heteroatoms. The first-order valence-electron chi connectivity index (χ1n) is 9.01. The van der Waals surface area contributed by atoms with Crippen molar-refractivity contribution in [3.63, 3.8) is 0 Å². The molecule has 1 heterocycles. The van der Waals surface area contributed by atoms with Crippen LogP contribution in [0.1, 0.15) is 59.6 Å². The van der Waals surface area contributed by atoms with Gasteiger partial charge in [0.1, 0.15) is 5.56 Å². The molecule has 1 amide bonds. The molecule has 0 saturated carbocycles. The van der Waals surface area contributed by atoms with E-state index in [4.69, 9.17) is 0 Å². The Hall–Kier alpha value is -2.36. The Morgan fingerprint density at radius 3 is 2.32 bits per heavy atom. The fourth-order valence-corrected chi connectivity index (χ4v) is 3.21. The summed E-state index contributed by atoms with van der Waals surface area (Å²) in [5, 5.41) is 2.94. The molecule has 0 atom stereocenters. The monoisotopic (exact) mass is 340 g/mol. The highest BCUT2D eigenvalue weighted by Crippen LogP contribution is 2.21. The van der Waals surface area contributed by atoms with Gasteiger partial charge in [0, 0.05) is 29.7 Å². The predicted molar refractivity (Wildman–Crippen MR) is 104 cm³/mol. The molecular weight excluding hydrogens is 312 g/mol. The van der Waals surface area contributed by atoms with Crippen molar-refractivity contribution in [3.8, 4) is 0 Å². The predicted octanol–water partition coefficient (Wildman–Crippen LogP) is 4.39. The molecule has 0 aliphatic carbocycles. The molecule has 0 saturated heterocycles. The summed E-state index contributed by atoms with van der Waals surface area (Å²) in [6, 6.07) is 7.48. The van der Waals surface area contributed by atoms with E-state index in [1.54, 1.807) is 6.07 Å². The number of para-hydroxylation sites is 1. The van der Waals surface area contributed by atoms with Crippen molar-refractivity contribution in [2.24, 2.45) is 0 Å². The van der Waals surface area contributed by atoms with Gasteiger partial charge in [0.15, 0.2) is 5.43 Å². The van der Waals surface area contributed by atoms with Crippen LogP contribution in [0.5, 0.6) is 0 Å². The summed E-state index contributed by atoms with van der Waals surface area (Å²) in [5.74, 6) is -0.326. The van der Waals surface area contributed by atoms with E-state index >= 15 is 0 Å². The van der Waals surface area contributed by atoms with Crippen LogP contribution in [0.4, 0.5) is 5.69 Å². The van der Waals surface area contributed by atoms with Gasteiger partial charge in [0.05, 0.1) is 0 Å². The van der Waals surface area contributed by atoms with Gasteiger partial charge in [-0.05, 0) is 44.7 Å². The minimum absolute atomic E-state index is 0.203. The Labute approximate surface area is 149 Å². The van der Waals surface area contributed by atoms with E-state index in [0.717, 1.165) is 54.0 Å². The molecule has 2 aromatic rings. The third-order valence-electron chi connectivity index (χ3n) is 4.70. The first-order valence-corrected chi connectivity index (χ1v) is 9.01. The lowest BCUT2D eigenvalue weighted by atomic mass is 10.1. The zero-order chi connectivity index (χ0) is 18.6. The zero-order valence-corrected chi connectivity index (χ0v) is 15.9. The third-order valence-corrected chi connectivity index (χ3v) is 4.70. The summed E-state index contributed by atoms with van der Waals surface area (Å²) >= 11 is 0. The molecule has 0 aliphatic rings. The van der Waals surface area contributed by atoms with Gasteiger partial charge in [0.2, 0.25) is 0 Å². The second-order valence-electron chi connectivity index (χ2n) is 6.54. The van der Waals surface area contributed by atoms with Crippen LogP contribution in [0, 0.1) is 20.8 Å². The van der Waals surface area contributed by atoms with Gasteiger partial charge in [-0.25, -0.2) is 0 Å². The average molecular weight is 340 g/mol. The molecule has 0 unspecified atom stereocenters. The minimum Gasteiger partial charge on any atom is -0.348 e. The molecule has 0 fully saturated rings. The Morgan fingerprint density at radius 2 is 1.76 bits per heavy atom. The number of amides is 1. The van der Waals surface area contributed by atoms with Gasteiger partial charge >= 0.3 is 0 Å². The van der Waals surface area contributed by atoms with E-state index in [-0.39, 0.29) is 16.9 Å². The SMILES string of the molecule is CCCCn1c(CC)cc(=O)c(C(=O)Nc2c(C)cccc2C)c1C. The summed E-state index contributed by atoms with van der Waals surface area (Å²) in [4.78, 5) is 25.4. The molecule has 0 spiro atoms. The third kappa shape index (κ3) is 4.01. The quantitative estimate of drug-likeness (QED) is 0.848. The van der Waals surface area contributed by atoms with Crippen molar-refractivity contribution in [2.75, 3.05) is 5.32 Å². The molecular formula is C21H28N2O2. The van der Waals surface area contributed by atoms with Crippen LogP contribution in [-0.2, 0) is 13.0 Å². The summed E-state index contributed by atoms with van der Waals surface area (Å²) in [6.45, 7) is 10.8. The smallest absolute Gasteiger partial charge is 0.261 e. The van der Waals surface area contributed by atoms with Crippen LogP contribution >= 0.6 is 0 Å². The molecule has 1 aromatic carbocycles. The summed E-state index contributed by atoms with van der Waals surface area (Å²) in [6.07, 6.45) is 2.87. The van der Waals surface area contributed by atoms with Crippen molar-refractivity contribution in [1.82, 2.24) is 4.57 Å². The lowest BCUT2D eigenvalue weighted by Crippen LogP contribution is -2.28. The highest BCUT2D eigenvalue weighted by molar-refractivity contribution is 6.05. The van der Waals surface area contributed by atoms with Crippen molar-refractivity contribution in [1.29, 1.82) is 0 Å². The summed E-state index contributed by atoms with van der Waals surface area (Å²) in [7, 11) is 0. The number of unbranched alkanes of at least 4 members (excludes halogenated alkanes) is 1. The zero-order valence-electron chi connectivity index (χ0n) is 15.9. The fraction of sp³-hybridized carbons (Fsp3) is 0.429. The first kappa shape index (κ1) is 19.0. The molecule has 25 heavy (non-hydrogen) atoms. The van der Waals surface area contributed by atoms with E-state index < -0.39 is 0 Å². The Kier molecular flexibility index (Phi) is 6.18. The van der Waals surface area contributed by atoms with Crippen LogP contribution in [0.2, 0.25) is 0 Å². The van der Waals surface area contributed by atoms with Crippen molar-refractivity contribution >= 4 is 11.6 Å². The molecule has 1 N–H and O–H groups in total. The minimum atomic E-state index is -0.326. The van der Waals surface area contributed by atoms with Crippen molar-refractivity contribution in [2.45, 2.75) is 60.4 Å². The second-order valence-corrected chi connectivity index (χ2v) is 6.54. The number of pyridine rings is 1. The maximum Gasteiger partial charge on any atom is 0.261 e. The van der Waals surface area contributed by atoms with Crippen LogP contribution in [0.15, 0.2) is 29.1 Å². The highest BCUT2D eigenvalue weighted by Gasteiger charge is 2.19. The van der Waals surface area contributed by atoms with E-state index in [1.165, 1.54) is 0 Å². The van der Waals surface area contributed by atoms with E-state index in [0.29, 0.717) is 0 Å². The summed E-state index contributed by atoms with van der Waals surface area (Å²) < 4.78 is 2.12. The average Bonchev–Trinajstić information content (AvgIpc) is 2.57. The number of carbonyl (C=O) groups is 1. The van der Waals surface area contributed by atoms with Gasteiger partial charge in [-0.3, -0.25) is 9.59 Å². The number of anilines is 1. The van der Waals surface area contributed by atoms with Gasteiger partial charge in [-0.15, -0.1) is 0 Å². The van der Waals surface area contributed by atoms with Gasteiger partial charge in [-0.1, -0.05) is 38.5 Å². The number of nitrogens with one attached hydrogen (secondary N) is 1. The van der Waals surface area contributed by atoms with Crippen LogP contribution in [0.25, 0.3) is 0 Å². The Bertz CT molecular complexity index is 814. The molecule has 0 bridgehead atoms. The largest absolute Gasteiger partial charge is 0.348 e. The highest BCUT2D eigenvalue weighted by atomic mass is 16.2. The number of carbonyl (C=O) groups excluding carboxylic acids is 1. The Morgan fingerprint density at radius 1 is 1.12 bits per heavy atom. The van der Waals surface area contributed by atoms with Gasteiger partial charge in [-0.2, -0.15) is 0 Å². The van der Waals surface area contributed by atoms with Gasteiger partial charge < -0.3 is 9.88 Å². The van der Waals surface area contributed by atoms with Crippen molar-refractivity contribution < 1.29 is 4.79 Å². The maximum atomic E-state index is 12.9. The number of hydrogen-bond acceptors (Lipinski definition) is 2. The Balaban J connectivity index is 2.47. The van der Waals surface area contributed by atoms with E-state index in [2.05, 4.69) is 16.8 Å². The molecule has 4 nitrogen and oxygen atoms in total. The molecule has 0 aliphatic heterocycles.